The molecule has 1 aromatic heterocycles. The van der Waals surface area contributed by atoms with Gasteiger partial charge in [0.2, 0.25) is 9.84 Å². The van der Waals surface area contributed by atoms with Crippen LogP contribution in [-0.2, 0) is 16.4 Å². The first-order valence-electron chi connectivity index (χ1n) is 5.79. The average Bonchev–Trinajstić information content (AvgIpc) is 2.93. The Morgan fingerprint density at radius 2 is 2.23 bits per heavy atom. The molecule has 10 heteroatoms. The van der Waals surface area contributed by atoms with Crippen molar-refractivity contribution in [3.63, 3.8) is 0 Å². The molecule has 0 aliphatic carbocycles. The number of benzene rings is 1. The summed E-state index contributed by atoms with van der Waals surface area (Å²) in [4.78, 5) is 10.1. The lowest BCUT2D eigenvalue weighted by Crippen LogP contribution is -2.00. The zero-order chi connectivity index (χ0) is 16.3. The molecule has 0 N–H and O–H groups in total. The molecule has 0 aliphatic rings. The number of aromatic nitrogens is 1. The Morgan fingerprint density at radius 1 is 1.50 bits per heavy atom. The number of nitriles is 1. The van der Waals surface area contributed by atoms with Gasteiger partial charge in [0.05, 0.1) is 4.92 Å². The fourth-order valence-corrected chi connectivity index (χ4v) is 2.11. The van der Waals surface area contributed by atoms with Gasteiger partial charge in [-0.15, -0.1) is 0 Å². The number of sulfone groups is 1. The lowest BCUT2D eigenvalue weighted by atomic mass is 10.2. The molecule has 0 fully saturated rings. The van der Waals surface area contributed by atoms with Gasteiger partial charge in [-0.3, -0.25) is 10.1 Å². The summed E-state index contributed by atoms with van der Waals surface area (Å²) in [6, 6.07) is 6.83. The van der Waals surface area contributed by atoms with Crippen molar-refractivity contribution >= 4 is 15.5 Å². The first-order chi connectivity index (χ1) is 10.3. The molecule has 22 heavy (non-hydrogen) atoms. The largest absolute Gasteiger partial charge is 0.485 e. The van der Waals surface area contributed by atoms with Crippen LogP contribution in [0.3, 0.4) is 0 Å². The Kier molecular flexibility index (Phi) is 4.09. The minimum absolute atomic E-state index is 0.000561. The summed E-state index contributed by atoms with van der Waals surface area (Å²) in [5.41, 5.74) is -0.424. The molecule has 0 amide bonds. The SMILES string of the molecule is CS(=O)(=O)c1cc(COc2cccc([N+](=O)[O-])c2C#N)no1. The number of nitro benzene ring substituents is 1. The molecular weight excluding hydrogens is 314 g/mol. The van der Waals surface area contributed by atoms with Gasteiger partial charge < -0.3 is 9.26 Å². The first-order valence-corrected chi connectivity index (χ1v) is 7.68. The number of hydrogen-bond acceptors (Lipinski definition) is 8. The van der Waals surface area contributed by atoms with E-state index in [1.54, 1.807) is 6.07 Å². The van der Waals surface area contributed by atoms with Crippen LogP contribution in [0.5, 0.6) is 5.75 Å². The van der Waals surface area contributed by atoms with Crippen LogP contribution in [-0.4, -0.2) is 24.8 Å². The van der Waals surface area contributed by atoms with Gasteiger partial charge in [-0.25, -0.2) is 8.42 Å². The Bertz CT molecular complexity index is 865. The predicted molar refractivity (Wildman–Crippen MR) is 71.8 cm³/mol. The molecule has 0 bridgehead atoms. The number of rotatable bonds is 5. The van der Waals surface area contributed by atoms with Crippen LogP contribution in [0, 0.1) is 21.4 Å². The summed E-state index contributed by atoms with van der Waals surface area (Å²) in [6.07, 6.45) is 0.965. The van der Waals surface area contributed by atoms with Gasteiger partial charge in [0, 0.05) is 18.4 Å². The summed E-state index contributed by atoms with van der Waals surface area (Å²) in [5.74, 6) is 0.000561. The zero-order valence-electron chi connectivity index (χ0n) is 11.2. The van der Waals surface area contributed by atoms with Crippen LogP contribution >= 0.6 is 0 Å². The van der Waals surface area contributed by atoms with Crippen LogP contribution < -0.4 is 4.74 Å². The van der Waals surface area contributed by atoms with Crippen molar-refractivity contribution in [3.05, 3.63) is 45.6 Å². The van der Waals surface area contributed by atoms with E-state index < -0.39 is 14.8 Å². The van der Waals surface area contributed by atoms with Crippen LogP contribution in [0.4, 0.5) is 5.69 Å². The summed E-state index contributed by atoms with van der Waals surface area (Å²) < 4.78 is 32.4. The van der Waals surface area contributed by atoms with E-state index in [1.807, 2.05) is 0 Å². The Labute approximate surface area is 124 Å². The van der Waals surface area contributed by atoms with Crippen LogP contribution in [0.1, 0.15) is 11.3 Å². The molecule has 0 spiro atoms. The number of nitro groups is 1. The van der Waals surface area contributed by atoms with E-state index in [-0.39, 0.29) is 34.4 Å². The quantitative estimate of drug-likeness (QED) is 0.595. The van der Waals surface area contributed by atoms with E-state index >= 15 is 0 Å². The molecule has 2 rings (SSSR count). The molecular formula is C12H9N3O6S. The minimum Gasteiger partial charge on any atom is -0.485 e. The van der Waals surface area contributed by atoms with Crippen molar-refractivity contribution in [2.45, 2.75) is 11.7 Å². The minimum atomic E-state index is -3.52. The van der Waals surface area contributed by atoms with Crippen molar-refractivity contribution in [3.8, 4) is 11.8 Å². The highest BCUT2D eigenvalue weighted by atomic mass is 32.2. The molecule has 2 aromatic rings. The molecule has 0 unspecified atom stereocenters. The second-order valence-electron chi connectivity index (χ2n) is 4.22. The molecule has 0 aliphatic heterocycles. The van der Waals surface area contributed by atoms with Gasteiger partial charge in [-0.05, 0) is 6.07 Å². The van der Waals surface area contributed by atoms with Gasteiger partial charge in [0.25, 0.3) is 10.8 Å². The second-order valence-corrected chi connectivity index (χ2v) is 6.16. The van der Waals surface area contributed by atoms with Crippen molar-refractivity contribution < 1.29 is 22.6 Å². The van der Waals surface area contributed by atoms with E-state index in [1.165, 1.54) is 24.3 Å². The highest BCUT2D eigenvalue weighted by Gasteiger charge is 2.19. The summed E-state index contributed by atoms with van der Waals surface area (Å²) >= 11 is 0. The van der Waals surface area contributed by atoms with Gasteiger partial charge in [0.15, 0.2) is 5.56 Å². The second kappa shape index (κ2) is 5.82. The van der Waals surface area contributed by atoms with Crippen molar-refractivity contribution in [1.29, 1.82) is 5.26 Å². The predicted octanol–water partition coefficient (Wildman–Crippen LogP) is 1.44. The fourth-order valence-electron chi connectivity index (χ4n) is 1.59. The number of hydrogen-bond donors (Lipinski definition) is 0. The number of nitrogens with zero attached hydrogens (tertiary/aromatic N) is 3. The van der Waals surface area contributed by atoms with Crippen molar-refractivity contribution in [1.82, 2.24) is 5.16 Å². The van der Waals surface area contributed by atoms with Gasteiger partial charge in [-0.1, -0.05) is 11.2 Å². The Hall–Kier alpha value is -2.93. The highest BCUT2D eigenvalue weighted by molar-refractivity contribution is 7.90. The van der Waals surface area contributed by atoms with Crippen LogP contribution in [0.15, 0.2) is 33.9 Å². The van der Waals surface area contributed by atoms with E-state index in [9.17, 15) is 18.5 Å². The molecule has 0 atom stereocenters. The Morgan fingerprint density at radius 3 is 2.77 bits per heavy atom. The molecule has 114 valence electrons. The third kappa shape index (κ3) is 3.21. The normalized spacial score (nSPS) is 10.9. The standard InChI is InChI=1S/C12H9N3O6S/c1-22(18,19)12-5-8(14-21-12)7-20-11-4-2-3-10(15(16)17)9(11)6-13/h2-5H,7H2,1H3. The van der Waals surface area contributed by atoms with Crippen LogP contribution in [0.25, 0.3) is 0 Å². The maximum absolute atomic E-state index is 11.2. The molecule has 1 heterocycles. The summed E-state index contributed by atoms with van der Waals surface area (Å²) in [7, 11) is -3.52. The summed E-state index contributed by atoms with van der Waals surface area (Å²) in [6.45, 7) is -0.200. The smallest absolute Gasteiger partial charge is 0.290 e. The van der Waals surface area contributed by atoms with Gasteiger partial charge in [0.1, 0.15) is 24.1 Å². The lowest BCUT2D eigenvalue weighted by molar-refractivity contribution is -0.385. The van der Waals surface area contributed by atoms with Gasteiger partial charge >= 0.3 is 0 Å². The third-order valence-corrected chi connectivity index (χ3v) is 3.51. The van der Waals surface area contributed by atoms with E-state index in [0.29, 0.717) is 0 Å². The average molecular weight is 323 g/mol. The molecule has 0 radical (unpaired) electrons. The third-order valence-electron chi connectivity index (χ3n) is 2.59. The van der Waals surface area contributed by atoms with E-state index in [0.717, 1.165) is 6.26 Å². The fraction of sp³-hybridized carbons (Fsp3) is 0.167. The highest BCUT2D eigenvalue weighted by Crippen LogP contribution is 2.28. The maximum Gasteiger partial charge on any atom is 0.290 e. The molecule has 9 nitrogen and oxygen atoms in total. The number of ether oxygens (including phenoxy) is 1. The molecule has 0 saturated heterocycles. The van der Waals surface area contributed by atoms with Gasteiger partial charge in [-0.2, -0.15) is 5.26 Å². The van der Waals surface area contributed by atoms with Crippen LogP contribution in [0.2, 0.25) is 0 Å². The Balaban J connectivity index is 2.22. The van der Waals surface area contributed by atoms with Crippen molar-refractivity contribution in [2.24, 2.45) is 0 Å². The van der Waals surface area contributed by atoms with E-state index in [2.05, 4.69) is 9.68 Å². The summed E-state index contributed by atoms with van der Waals surface area (Å²) in [5, 5.41) is 23.0. The van der Waals surface area contributed by atoms with Crippen molar-refractivity contribution in [2.75, 3.05) is 6.26 Å². The topological polar surface area (TPSA) is 136 Å². The monoisotopic (exact) mass is 323 g/mol. The molecule has 0 saturated carbocycles. The maximum atomic E-state index is 11.2. The first kappa shape index (κ1) is 15.5. The zero-order valence-corrected chi connectivity index (χ0v) is 12.0. The molecule has 1 aromatic carbocycles. The van der Waals surface area contributed by atoms with E-state index in [4.69, 9.17) is 10.00 Å². The lowest BCUT2D eigenvalue weighted by Gasteiger charge is -2.05.